The molecule has 0 aliphatic carbocycles. The lowest BCUT2D eigenvalue weighted by Crippen LogP contribution is -3.00. The van der Waals surface area contributed by atoms with Crippen molar-refractivity contribution in [3.8, 4) is 11.4 Å². The summed E-state index contributed by atoms with van der Waals surface area (Å²) in [6.45, 7) is 3.75. The molecule has 4 rings (SSSR count). The molecule has 0 saturated carbocycles. The summed E-state index contributed by atoms with van der Waals surface area (Å²) in [6, 6.07) is 5.64. The molecule has 0 saturated heterocycles. The Hall–Kier alpha value is -2.66. The minimum atomic E-state index is -3.82. The number of hydrogen-bond acceptors (Lipinski definition) is 5. The number of fused-ring (bicyclic) bond motifs is 1. The number of rotatable bonds is 3. The van der Waals surface area contributed by atoms with Gasteiger partial charge in [0, 0.05) is 18.2 Å². The number of aryl methyl sites for hydroxylation is 2. The number of nitrogens with zero attached hydrogens (tertiary/aromatic N) is 1. The van der Waals surface area contributed by atoms with Crippen LogP contribution in [0, 0.1) is 13.8 Å². The van der Waals surface area contributed by atoms with Crippen LogP contribution in [0.2, 0.25) is 0 Å². The topological polar surface area (TPSA) is 142 Å². The molecule has 1 aliphatic rings. The lowest BCUT2D eigenvalue weighted by atomic mass is 9.99. The van der Waals surface area contributed by atoms with Gasteiger partial charge in [-0.2, -0.15) is 0 Å². The van der Waals surface area contributed by atoms with Crippen LogP contribution in [-0.4, -0.2) is 23.3 Å². The summed E-state index contributed by atoms with van der Waals surface area (Å²) in [5.74, 6) is 0.0732. The molecule has 9 nitrogen and oxygen atoms in total. The highest BCUT2D eigenvalue weighted by Crippen LogP contribution is 2.40. The van der Waals surface area contributed by atoms with Gasteiger partial charge in [-0.25, -0.2) is 23.2 Å². The zero-order chi connectivity index (χ0) is 20.2. The molecule has 0 bridgehead atoms. The van der Waals surface area contributed by atoms with Crippen molar-refractivity contribution >= 4 is 10.0 Å². The molecule has 0 spiro atoms. The standard InChI is InChI=1S/C18H18N4O5S.ClH/c1-9-14(17-15-11(8-27-17)7-20-10(2)16(15)23)18(24)22(21-9)12-3-5-13(6-4-12)28(19,25)26;/h3-7,17,21,23H,8H2,1-2H3,(H2,19,25,26);1H. The second-order valence-corrected chi connectivity index (χ2v) is 8.28. The van der Waals surface area contributed by atoms with Crippen molar-refractivity contribution < 1.29 is 35.7 Å². The van der Waals surface area contributed by atoms with Crippen LogP contribution in [0.1, 0.15) is 34.2 Å². The number of nitrogens with two attached hydrogens (primary N) is 1. The predicted octanol–water partition coefficient (Wildman–Crippen LogP) is -2.43. The Morgan fingerprint density at radius 1 is 1.24 bits per heavy atom. The summed E-state index contributed by atoms with van der Waals surface area (Å²) in [5, 5.41) is 18.6. The molecule has 5 N–H and O–H groups in total. The third-order valence-electron chi connectivity index (χ3n) is 4.89. The van der Waals surface area contributed by atoms with Crippen molar-refractivity contribution in [1.29, 1.82) is 0 Å². The van der Waals surface area contributed by atoms with E-state index in [1.54, 1.807) is 20.0 Å². The lowest BCUT2D eigenvalue weighted by Gasteiger charge is -2.10. The number of H-pyrrole nitrogens is 2. The van der Waals surface area contributed by atoms with E-state index in [1.165, 1.54) is 28.9 Å². The molecule has 1 aromatic carbocycles. The second kappa shape index (κ2) is 7.30. The Morgan fingerprint density at radius 2 is 1.90 bits per heavy atom. The summed E-state index contributed by atoms with van der Waals surface area (Å²) >= 11 is 0. The van der Waals surface area contributed by atoms with Crippen LogP contribution in [0.4, 0.5) is 0 Å². The first-order chi connectivity index (χ1) is 13.2. The normalized spacial score (nSPS) is 15.8. The summed E-state index contributed by atoms with van der Waals surface area (Å²) in [7, 11) is -3.82. The van der Waals surface area contributed by atoms with Crippen LogP contribution < -0.4 is 28.1 Å². The fraction of sp³-hybridized carbons (Fsp3) is 0.222. The van der Waals surface area contributed by atoms with Crippen molar-refractivity contribution in [2.24, 2.45) is 5.14 Å². The maximum absolute atomic E-state index is 13.1. The molecule has 0 fully saturated rings. The van der Waals surface area contributed by atoms with E-state index in [0.29, 0.717) is 28.2 Å². The summed E-state index contributed by atoms with van der Waals surface area (Å²) in [5.41, 5.74) is 3.03. The van der Waals surface area contributed by atoms with Gasteiger partial charge < -0.3 is 22.3 Å². The number of ether oxygens (including phenoxy) is 1. The minimum absolute atomic E-state index is 0. The van der Waals surface area contributed by atoms with Crippen LogP contribution >= 0.6 is 0 Å². The first-order valence-electron chi connectivity index (χ1n) is 8.48. The first kappa shape index (κ1) is 21.1. The maximum atomic E-state index is 13.1. The number of pyridine rings is 1. The quantitative estimate of drug-likeness (QED) is 0.417. The van der Waals surface area contributed by atoms with Crippen molar-refractivity contribution in [1.82, 2.24) is 9.78 Å². The molecule has 2 aromatic heterocycles. The number of aromatic hydroxyl groups is 1. The largest absolute Gasteiger partial charge is 1.00 e. The summed E-state index contributed by atoms with van der Waals surface area (Å²) in [4.78, 5) is 16.0. The van der Waals surface area contributed by atoms with Gasteiger partial charge >= 0.3 is 0 Å². The van der Waals surface area contributed by atoms with E-state index in [2.05, 4.69) is 10.1 Å². The molecule has 1 aliphatic heterocycles. The molecule has 0 amide bonds. The number of aromatic nitrogens is 3. The minimum Gasteiger partial charge on any atom is -1.00 e. The van der Waals surface area contributed by atoms with Gasteiger partial charge in [0.15, 0.2) is 11.9 Å². The Morgan fingerprint density at radius 3 is 2.52 bits per heavy atom. The van der Waals surface area contributed by atoms with Crippen LogP contribution in [0.5, 0.6) is 5.75 Å². The van der Waals surface area contributed by atoms with Gasteiger partial charge in [0.2, 0.25) is 15.7 Å². The van der Waals surface area contributed by atoms with Gasteiger partial charge in [0.1, 0.15) is 6.10 Å². The highest BCUT2D eigenvalue weighted by molar-refractivity contribution is 7.89. The van der Waals surface area contributed by atoms with Gasteiger partial charge in [-0.15, -0.1) is 0 Å². The fourth-order valence-electron chi connectivity index (χ4n) is 3.43. The molecular formula is C18H19ClN4O5S. The van der Waals surface area contributed by atoms with Crippen molar-refractivity contribution in [3.63, 3.8) is 0 Å². The molecule has 1 atom stereocenters. The van der Waals surface area contributed by atoms with Crippen molar-refractivity contribution in [2.75, 3.05) is 0 Å². The Balaban J connectivity index is 0.00000240. The third-order valence-corrected chi connectivity index (χ3v) is 5.82. The van der Waals surface area contributed by atoms with Gasteiger partial charge in [0.05, 0.1) is 28.3 Å². The average molecular weight is 439 g/mol. The highest BCUT2D eigenvalue weighted by atomic mass is 35.5. The van der Waals surface area contributed by atoms with E-state index < -0.39 is 16.1 Å². The van der Waals surface area contributed by atoms with Gasteiger partial charge in [-0.3, -0.25) is 9.89 Å². The summed E-state index contributed by atoms with van der Waals surface area (Å²) < 4.78 is 29.9. The molecule has 3 aromatic rings. The molecular weight excluding hydrogens is 420 g/mol. The Labute approximate surface area is 172 Å². The number of benzene rings is 1. The number of primary sulfonamides is 1. The van der Waals surface area contributed by atoms with E-state index in [4.69, 9.17) is 9.88 Å². The molecule has 11 heteroatoms. The van der Waals surface area contributed by atoms with E-state index >= 15 is 0 Å². The van der Waals surface area contributed by atoms with Gasteiger partial charge in [-0.1, -0.05) is 0 Å². The maximum Gasteiger partial charge on any atom is 0.277 e. The Bertz CT molecular complexity index is 1250. The van der Waals surface area contributed by atoms with Crippen LogP contribution in [0.25, 0.3) is 5.69 Å². The van der Waals surface area contributed by atoms with E-state index in [1.807, 2.05) is 0 Å². The number of halogens is 1. The smallest absolute Gasteiger partial charge is 0.277 e. The zero-order valence-electron chi connectivity index (χ0n) is 15.6. The fourth-order valence-corrected chi connectivity index (χ4v) is 3.94. The second-order valence-electron chi connectivity index (χ2n) is 6.72. The molecule has 1 unspecified atom stereocenters. The van der Waals surface area contributed by atoms with E-state index in [9.17, 15) is 18.3 Å². The van der Waals surface area contributed by atoms with Crippen LogP contribution in [-0.2, 0) is 21.4 Å². The zero-order valence-corrected chi connectivity index (χ0v) is 17.1. The van der Waals surface area contributed by atoms with Crippen LogP contribution in [0.15, 0.2) is 40.2 Å². The van der Waals surface area contributed by atoms with E-state index in [0.717, 1.165) is 5.56 Å². The number of sulfonamides is 1. The third kappa shape index (κ3) is 3.44. The van der Waals surface area contributed by atoms with E-state index in [-0.39, 0.29) is 35.2 Å². The number of hydrogen-bond donors (Lipinski definition) is 3. The predicted molar refractivity (Wildman–Crippen MR) is 98.5 cm³/mol. The monoisotopic (exact) mass is 438 g/mol. The molecule has 3 heterocycles. The average Bonchev–Trinajstić information content (AvgIpc) is 3.18. The SMILES string of the molecule is Cc1[nH]n(-c2ccc(S(N)(=O)=O)cc2)c(=O)c1C1OCc2c[nH+]c(C)c(O)c21.[Cl-]. The van der Waals surface area contributed by atoms with Crippen LogP contribution in [0.3, 0.4) is 0 Å². The lowest BCUT2D eigenvalue weighted by molar-refractivity contribution is -0.389. The highest BCUT2D eigenvalue weighted by Gasteiger charge is 2.35. The molecule has 29 heavy (non-hydrogen) atoms. The Kier molecular flexibility index (Phi) is 5.30. The number of aromatic amines is 2. The van der Waals surface area contributed by atoms with Crippen molar-refractivity contribution in [3.05, 3.63) is 68.9 Å². The summed E-state index contributed by atoms with van der Waals surface area (Å²) in [6.07, 6.45) is 1.06. The number of nitrogens with one attached hydrogen (secondary N) is 2. The van der Waals surface area contributed by atoms with Gasteiger partial charge in [-0.05, 0) is 31.2 Å². The van der Waals surface area contributed by atoms with Crippen molar-refractivity contribution in [2.45, 2.75) is 31.5 Å². The first-order valence-corrected chi connectivity index (χ1v) is 10.0. The molecule has 154 valence electrons. The van der Waals surface area contributed by atoms with Gasteiger partial charge in [0.25, 0.3) is 5.56 Å². The molecule has 0 radical (unpaired) electrons.